The van der Waals surface area contributed by atoms with E-state index in [0.29, 0.717) is 5.69 Å². The summed E-state index contributed by atoms with van der Waals surface area (Å²) in [6.45, 7) is 1.89. The van der Waals surface area contributed by atoms with Crippen molar-refractivity contribution in [3.05, 3.63) is 27.3 Å². The average Bonchev–Trinajstić information content (AvgIpc) is 2.21. The van der Waals surface area contributed by atoms with Gasteiger partial charge in [0.2, 0.25) is 11.8 Å². The molecule has 2 amide bonds. The van der Waals surface area contributed by atoms with Crippen LogP contribution in [0.2, 0.25) is 0 Å². The molecule has 0 aliphatic heterocycles. The van der Waals surface area contributed by atoms with Crippen molar-refractivity contribution >= 4 is 52.5 Å². The molecule has 1 atom stereocenters. The molecule has 0 aliphatic rings. The molecular weight excluding hydrogens is 368 g/mol. The van der Waals surface area contributed by atoms with Crippen LogP contribution in [-0.2, 0) is 9.59 Å². The highest BCUT2D eigenvalue weighted by Crippen LogP contribution is 2.17. The summed E-state index contributed by atoms with van der Waals surface area (Å²) in [7, 11) is 0. The number of benzene rings is 1. The molecule has 0 fully saturated rings. The van der Waals surface area contributed by atoms with Crippen molar-refractivity contribution in [1.29, 1.82) is 0 Å². The minimum atomic E-state index is -0.911. The second-order valence-electron chi connectivity index (χ2n) is 3.73. The molecule has 0 aliphatic carbocycles. The summed E-state index contributed by atoms with van der Waals surface area (Å²) >= 11 is 2.19. The first kappa shape index (κ1) is 17.1. The van der Waals surface area contributed by atoms with Crippen LogP contribution in [-0.4, -0.2) is 17.9 Å². The smallest absolute Gasteiger partial charge is 0.241 e. The van der Waals surface area contributed by atoms with Crippen molar-refractivity contribution in [2.45, 2.75) is 19.4 Å². The lowest BCUT2D eigenvalue weighted by atomic mass is 10.1. The maximum atomic E-state index is 11.6. The third-order valence-electron chi connectivity index (χ3n) is 2.20. The number of rotatable bonds is 4. The molecule has 1 unspecified atom stereocenters. The van der Waals surface area contributed by atoms with Crippen molar-refractivity contribution < 1.29 is 9.59 Å². The maximum absolute atomic E-state index is 11.6. The van der Waals surface area contributed by atoms with E-state index in [0.717, 1.165) is 9.13 Å². The summed E-state index contributed by atoms with van der Waals surface area (Å²) in [5.74, 6) is -1.000. The van der Waals surface area contributed by atoms with E-state index in [4.69, 9.17) is 11.5 Å². The summed E-state index contributed by atoms with van der Waals surface area (Å²) in [5, 5.41) is 2.67. The predicted molar refractivity (Wildman–Crippen MR) is 81.6 cm³/mol. The number of carbonyl (C=O) groups is 2. The summed E-state index contributed by atoms with van der Waals surface area (Å²) in [6.07, 6.45) is -0.157. The van der Waals surface area contributed by atoms with Crippen LogP contribution < -0.4 is 16.8 Å². The van der Waals surface area contributed by atoms with Crippen molar-refractivity contribution in [3.63, 3.8) is 0 Å². The monoisotopic (exact) mass is 383 g/mol. The van der Waals surface area contributed by atoms with E-state index in [1.807, 2.05) is 19.1 Å². The average molecular weight is 384 g/mol. The molecule has 5 nitrogen and oxygen atoms in total. The van der Waals surface area contributed by atoms with Gasteiger partial charge in [-0.15, -0.1) is 12.4 Å². The molecule has 5 N–H and O–H groups in total. The van der Waals surface area contributed by atoms with Crippen LogP contribution >= 0.6 is 35.0 Å². The van der Waals surface area contributed by atoms with Crippen LogP contribution in [0, 0.1) is 10.5 Å². The second kappa shape index (κ2) is 7.55. The van der Waals surface area contributed by atoms with Crippen molar-refractivity contribution in [2.75, 3.05) is 5.32 Å². The molecule has 0 bridgehead atoms. The number of anilines is 1. The van der Waals surface area contributed by atoms with E-state index in [-0.39, 0.29) is 18.8 Å². The fourth-order valence-electron chi connectivity index (χ4n) is 1.30. The van der Waals surface area contributed by atoms with E-state index < -0.39 is 17.9 Å². The van der Waals surface area contributed by atoms with Crippen molar-refractivity contribution in [2.24, 2.45) is 11.5 Å². The summed E-state index contributed by atoms with van der Waals surface area (Å²) in [5.41, 5.74) is 12.1. The Bertz CT molecular complexity index is 454. The Morgan fingerprint density at radius 1 is 1.44 bits per heavy atom. The number of nitrogens with two attached hydrogens (primary N) is 2. The Hall–Kier alpha value is -0.860. The van der Waals surface area contributed by atoms with Crippen LogP contribution in [0.25, 0.3) is 0 Å². The number of primary amides is 1. The third kappa shape index (κ3) is 5.19. The molecule has 0 saturated carbocycles. The van der Waals surface area contributed by atoms with Crippen LogP contribution in [0.5, 0.6) is 0 Å². The van der Waals surface area contributed by atoms with Crippen LogP contribution in [0.1, 0.15) is 12.0 Å². The summed E-state index contributed by atoms with van der Waals surface area (Å²) in [4.78, 5) is 22.3. The zero-order chi connectivity index (χ0) is 13.0. The van der Waals surface area contributed by atoms with Crippen molar-refractivity contribution in [1.82, 2.24) is 0 Å². The van der Waals surface area contributed by atoms with Gasteiger partial charge in [-0.1, -0.05) is 0 Å². The van der Waals surface area contributed by atoms with Gasteiger partial charge < -0.3 is 16.8 Å². The highest BCUT2D eigenvalue weighted by Gasteiger charge is 2.16. The number of amides is 2. The first-order valence-corrected chi connectivity index (χ1v) is 6.09. The minimum Gasteiger partial charge on any atom is -0.370 e. The predicted octanol–water partition coefficient (Wildman–Crippen LogP) is 1.16. The number of hydrogen-bond acceptors (Lipinski definition) is 3. The van der Waals surface area contributed by atoms with Crippen LogP contribution in [0.3, 0.4) is 0 Å². The Morgan fingerprint density at radius 2 is 2.06 bits per heavy atom. The van der Waals surface area contributed by atoms with Crippen LogP contribution in [0.4, 0.5) is 5.69 Å². The Kier molecular flexibility index (Phi) is 7.19. The number of halogens is 2. The molecule has 0 saturated heterocycles. The molecule has 0 spiro atoms. The van der Waals surface area contributed by atoms with Gasteiger partial charge in [0.05, 0.1) is 12.5 Å². The quantitative estimate of drug-likeness (QED) is 0.681. The van der Waals surface area contributed by atoms with E-state index in [2.05, 4.69) is 27.9 Å². The molecule has 1 aromatic rings. The number of nitrogens with one attached hydrogen (secondary N) is 1. The highest BCUT2D eigenvalue weighted by molar-refractivity contribution is 14.1. The zero-order valence-electron chi connectivity index (χ0n) is 9.77. The van der Waals surface area contributed by atoms with E-state index in [9.17, 15) is 9.59 Å². The van der Waals surface area contributed by atoms with Gasteiger partial charge in [0.1, 0.15) is 0 Å². The molecular formula is C11H15ClIN3O2. The van der Waals surface area contributed by atoms with Crippen LogP contribution in [0.15, 0.2) is 18.2 Å². The lowest BCUT2D eigenvalue weighted by Crippen LogP contribution is -2.39. The van der Waals surface area contributed by atoms with Gasteiger partial charge in [0.15, 0.2) is 0 Å². The van der Waals surface area contributed by atoms with Gasteiger partial charge in [-0.3, -0.25) is 9.59 Å². The van der Waals surface area contributed by atoms with Gasteiger partial charge in [0.25, 0.3) is 0 Å². The standard InChI is InChI=1S/C11H14IN3O2.ClH/c1-6-4-7(12)2-3-9(6)15-11(17)8(13)5-10(14)16;/h2-4,8H,5,13H2,1H3,(H2,14,16)(H,15,17);1H. The Balaban J connectivity index is 0.00000289. The van der Waals surface area contributed by atoms with E-state index in [1.54, 1.807) is 6.07 Å². The third-order valence-corrected chi connectivity index (χ3v) is 2.88. The highest BCUT2D eigenvalue weighted by atomic mass is 127. The first-order chi connectivity index (χ1) is 7.90. The molecule has 1 aromatic carbocycles. The van der Waals surface area contributed by atoms with E-state index >= 15 is 0 Å². The largest absolute Gasteiger partial charge is 0.370 e. The van der Waals surface area contributed by atoms with Crippen molar-refractivity contribution in [3.8, 4) is 0 Å². The molecule has 100 valence electrons. The molecule has 18 heavy (non-hydrogen) atoms. The van der Waals surface area contributed by atoms with Gasteiger partial charge in [-0.2, -0.15) is 0 Å². The lowest BCUT2D eigenvalue weighted by molar-refractivity contribution is -0.123. The minimum absolute atomic E-state index is 0. The maximum Gasteiger partial charge on any atom is 0.241 e. The van der Waals surface area contributed by atoms with Gasteiger partial charge in [0, 0.05) is 9.26 Å². The molecule has 0 radical (unpaired) electrons. The summed E-state index contributed by atoms with van der Waals surface area (Å²) in [6, 6.07) is 4.70. The molecule has 7 heteroatoms. The second-order valence-corrected chi connectivity index (χ2v) is 4.97. The SMILES string of the molecule is Cc1cc(I)ccc1NC(=O)C(N)CC(N)=O.Cl. The number of carbonyl (C=O) groups excluding carboxylic acids is 2. The Morgan fingerprint density at radius 3 is 2.56 bits per heavy atom. The first-order valence-electron chi connectivity index (χ1n) is 5.01. The Labute approximate surface area is 125 Å². The lowest BCUT2D eigenvalue weighted by Gasteiger charge is -2.12. The zero-order valence-corrected chi connectivity index (χ0v) is 12.7. The number of aryl methyl sites for hydroxylation is 1. The fraction of sp³-hybridized carbons (Fsp3) is 0.273. The van der Waals surface area contributed by atoms with Gasteiger partial charge in [-0.05, 0) is 53.3 Å². The molecule has 1 rings (SSSR count). The van der Waals surface area contributed by atoms with Gasteiger partial charge >= 0.3 is 0 Å². The molecule has 0 aromatic heterocycles. The summed E-state index contributed by atoms with van der Waals surface area (Å²) < 4.78 is 1.08. The van der Waals surface area contributed by atoms with E-state index in [1.165, 1.54) is 0 Å². The molecule has 0 heterocycles. The fourth-order valence-corrected chi connectivity index (χ4v) is 1.95. The number of hydrogen-bond donors (Lipinski definition) is 3. The topological polar surface area (TPSA) is 98.2 Å². The normalized spacial score (nSPS) is 11.3. The van der Waals surface area contributed by atoms with Gasteiger partial charge in [-0.25, -0.2) is 0 Å².